The number of thioether (sulfide) groups is 1. The summed E-state index contributed by atoms with van der Waals surface area (Å²) in [7, 11) is 0. The van der Waals surface area contributed by atoms with Gasteiger partial charge in [-0.15, -0.1) is 0 Å². The molecule has 0 spiro atoms. The van der Waals surface area contributed by atoms with Gasteiger partial charge in [-0.3, -0.25) is 0 Å². The van der Waals surface area contributed by atoms with Gasteiger partial charge in [0.25, 0.3) is 0 Å². The fraction of sp³-hybridized carbons (Fsp3) is 0.412. The van der Waals surface area contributed by atoms with Gasteiger partial charge in [-0.05, 0) is 53.1 Å². The Labute approximate surface area is 173 Å². The van der Waals surface area contributed by atoms with E-state index in [9.17, 15) is 14.6 Å². The first kappa shape index (κ1) is 20.3. The summed E-state index contributed by atoms with van der Waals surface area (Å²) >= 11 is 16.9. The Morgan fingerprint density at radius 3 is 2.77 bits per heavy atom. The highest BCUT2D eigenvalue weighted by Crippen LogP contribution is 2.44. The molecule has 1 aliphatic carbocycles. The lowest BCUT2D eigenvalue weighted by Gasteiger charge is -2.36. The predicted molar refractivity (Wildman–Crippen MR) is 104 cm³/mol. The third kappa shape index (κ3) is 3.62. The lowest BCUT2D eigenvalue weighted by Crippen LogP contribution is -2.35. The van der Waals surface area contributed by atoms with Gasteiger partial charge < -0.3 is 10.2 Å². The minimum Gasteiger partial charge on any atom is -0.391 e. The second-order valence-corrected chi connectivity index (χ2v) is 8.55. The van der Waals surface area contributed by atoms with Gasteiger partial charge in [0.1, 0.15) is 11.0 Å². The summed E-state index contributed by atoms with van der Waals surface area (Å²) in [6.07, 6.45) is 3.41. The van der Waals surface area contributed by atoms with Gasteiger partial charge in [-0.1, -0.05) is 35.0 Å². The first-order valence-electron chi connectivity index (χ1n) is 7.90. The molecule has 0 saturated heterocycles. The summed E-state index contributed by atoms with van der Waals surface area (Å²) in [5.74, 6) is -0.526. The second-order valence-electron chi connectivity index (χ2n) is 6.15. The predicted octanol–water partition coefficient (Wildman–Crippen LogP) is 4.67. The Hall–Kier alpha value is -0.440. The van der Waals surface area contributed by atoms with E-state index < -0.39 is 11.4 Å². The highest BCUT2D eigenvalue weighted by molar-refractivity contribution is 9.10. The third-order valence-electron chi connectivity index (χ3n) is 4.58. The first-order chi connectivity index (χ1) is 12.3. The molecule has 1 aromatic heterocycles. The Morgan fingerprint density at radius 2 is 2.12 bits per heavy atom. The SMILES string of the molecule is CSc1nc(Cl)c(CO)c(CC2(O)CCCc3c(Cl)cc(Br)c(F)c32)n1. The summed E-state index contributed by atoms with van der Waals surface area (Å²) in [5.41, 5.74) is 0.0427. The maximum Gasteiger partial charge on any atom is 0.188 e. The van der Waals surface area contributed by atoms with Crippen LogP contribution in [0.25, 0.3) is 0 Å². The number of fused-ring (bicyclic) bond motifs is 1. The summed E-state index contributed by atoms with van der Waals surface area (Å²) in [4.78, 5) is 8.49. The van der Waals surface area contributed by atoms with Gasteiger partial charge in [-0.2, -0.15) is 0 Å². The summed E-state index contributed by atoms with van der Waals surface area (Å²) in [6.45, 7) is -0.368. The van der Waals surface area contributed by atoms with E-state index in [-0.39, 0.29) is 28.2 Å². The average molecular weight is 482 g/mol. The molecule has 1 heterocycles. The van der Waals surface area contributed by atoms with Crippen molar-refractivity contribution >= 4 is 50.9 Å². The number of nitrogens with zero attached hydrogens (tertiary/aromatic N) is 2. The van der Waals surface area contributed by atoms with Crippen LogP contribution in [0.5, 0.6) is 0 Å². The molecule has 4 nitrogen and oxygen atoms in total. The quantitative estimate of drug-likeness (QED) is 0.287. The molecule has 26 heavy (non-hydrogen) atoms. The largest absolute Gasteiger partial charge is 0.391 e. The molecule has 140 valence electrons. The Balaban J connectivity index is 2.15. The van der Waals surface area contributed by atoms with Crippen LogP contribution < -0.4 is 0 Å². The van der Waals surface area contributed by atoms with Crippen LogP contribution in [0.3, 0.4) is 0 Å². The van der Waals surface area contributed by atoms with E-state index in [1.54, 1.807) is 6.26 Å². The zero-order valence-corrected chi connectivity index (χ0v) is 17.7. The second kappa shape index (κ2) is 7.89. The first-order valence-corrected chi connectivity index (χ1v) is 10.7. The van der Waals surface area contributed by atoms with Crippen LogP contribution in [0.1, 0.15) is 35.2 Å². The monoisotopic (exact) mass is 480 g/mol. The Kier molecular flexibility index (Phi) is 6.16. The molecular formula is C17H16BrCl2FN2O2S. The van der Waals surface area contributed by atoms with Crippen LogP contribution in [-0.2, 0) is 25.0 Å². The van der Waals surface area contributed by atoms with Crippen molar-refractivity contribution in [2.45, 2.75) is 43.0 Å². The number of benzene rings is 1. The number of rotatable bonds is 4. The molecule has 1 atom stereocenters. The smallest absolute Gasteiger partial charge is 0.188 e. The highest BCUT2D eigenvalue weighted by atomic mass is 79.9. The van der Waals surface area contributed by atoms with E-state index in [1.165, 1.54) is 17.8 Å². The van der Waals surface area contributed by atoms with Gasteiger partial charge in [0.2, 0.25) is 0 Å². The molecule has 1 aromatic carbocycles. The summed E-state index contributed by atoms with van der Waals surface area (Å²) in [5, 5.41) is 22.0. The van der Waals surface area contributed by atoms with Crippen LogP contribution in [0.2, 0.25) is 10.2 Å². The standard InChI is InChI=1S/C17H16BrCl2FN2O2S/c1-26-16-22-12(9(7-24)15(20)23-16)6-17(25)4-2-3-8-11(19)5-10(18)14(21)13(8)17/h5,24-25H,2-4,6-7H2,1H3. The van der Waals surface area contributed by atoms with Crippen LogP contribution in [0, 0.1) is 5.82 Å². The van der Waals surface area contributed by atoms with E-state index in [1.807, 2.05) is 0 Å². The molecule has 0 bridgehead atoms. The number of aliphatic hydroxyl groups excluding tert-OH is 1. The van der Waals surface area contributed by atoms with Gasteiger partial charge in [0, 0.05) is 22.6 Å². The van der Waals surface area contributed by atoms with Crippen molar-refractivity contribution in [3.8, 4) is 0 Å². The lowest BCUT2D eigenvalue weighted by atomic mass is 9.76. The van der Waals surface area contributed by atoms with Crippen molar-refractivity contribution < 1.29 is 14.6 Å². The van der Waals surface area contributed by atoms with Crippen LogP contribution >= 0.6 is 50.9 Å². The van der Waals surface area contributed by atoms with Crippen molar-refractivity contribution in [3.05, 3.63) is 48.9 Å². The fourth-order valence-electron chi connectivity index (χ4n) is 3.37. The normalized spacial score (nSPS) is 19.5. The third-order valence-corrected chi connectivity index (χ3v) is 6.35. The van der Waals surface area contributed by atoms with E-state index in [2.05, 4.69) is 25.9 Å². The molecule has 0 radical (unpaired) electrons. The van der Waals surface area contributed by atoms with E-state index >= 15 is 0 Å². The van der Waals surface area contributed by atoms with Crippen molar-refractivity contribution in [2.24, 2.45) is 0 Å². The molecule has 9 heteroatoms. The molecule has 0 amide bonds. The molecule has 2 N–H and O–H groups in total. The molecule has 3 rings (SSSR count). The van der Waals surface area contributed by atoms with E-state index in [4.69, 9.17) is 23.2 Å². The molecule has 2 aromatic rings. The van der Waals surface area contributed by atoms with Gasteiger partial charge in [0.05, 0.1) is 22.4 Å². The van der Waals surface area contributed by atoms with Gasteiger partial charge >= 0.3 is 0 Å². The number of aliphatic hydroxyl groups is 2. The van der Waals surface area contributed by atoms with E-state index in [0.717, 1.165) is 0 Å². The topological polar surface area (TPSA) is 66.2 Å². The summed E-state index contributed by atoms with van der Waals surface area (Å²) < 4.78 is 15.1. The molecule has 1 aliphatic rings. The maximum absolute atomic E-state index is 14.9. The average Bonchev–Trinajstić information content (AvgIpc) is 2.59. The van der Waals surface area contributed by atoms with E-state index in [0.29, 0.717) is 46.3 Å². The minimum absolute atomic E-state index is 0.00932. The highest BCUT2D eigenvalue weighted by Gasteiger charge is 2.40. The number of aromatic nitrogens is 2. The fourth-order valence-corrected chi connectivity index (χ4v) is 4.91. The zero-order chi connectivity index (χ0) is 19.1. The zero-order valence-electron chi connectivity index (χ0n) is 13.8. The molecule has 1 unspecified atom stereocenters. The van der Waals surface area contributed by atoms with Crippen molar-refractivity contribution in [3.63, 3.8) is 0 Å². The van der Waals surface area contributed by atoms with Crippen molar-refractivity contribution in [1.82, 2.24) is 9.97 Å². The Bertz CT molecular complexity index is 871. The molecular weight excluding hydrogens is 466 g/mol. The Morgan fingerprint density at radius 1 is 1.38 bits per heavy atom. The van der Waals surface area contributed by atoms with Crippen LogP contribution in [0.15, 0.2) is 15.7 Å². The number of hydrogen-bond donors (Lipinski definition) is 2. The molecule has 0 aliphatic heterocycles. The number of hydrogen-bond acceptors (Lipinski definition) is 5. The van der Waals surface area contributed by atoms with Crippen LogP contribution in [-0.4, -0.2) is 26.4 Å². The summed E-state index contributed by atoms with van der Waals surface area (Å²) in [6, 6.07) is 1.51. The van der Waals surface area contributed by atoms with Gasteiger partial charge in [0.15, 0.2) is 5.16 Å². The molecule has 0 fully saturated rings. The van der Waals surface area contributed by atoms with Crippen molar-refractivity contribution in [2.75, 3.05) is 6.26 Å². The molecule has 0 saturated carbocycles. The lowest BCUT2D eigenvalue weighted by molar-refractivity contribution is 0.0138. The maximum atomic E-state index is 14.9. The van der Waals surface area contributed by atoms with Gasteiger partial charge in [-0.25, -0.2) is 14.4 Å². The number of halogens is 4. The van der Waals surface area contributed by atoms with Crippen molar-refractivity contribution in [1.29, 1.82) is 0 Å². The van der Waals surface area contributed by atoms with Crippen LogP contribution in [0.4, 0.5) is 4.39 Å². The minimum atomic E-state index is -1.50.